The molecular weight excluding hydrogens is 414 g/mol. The van der Waals surface area contributed by atoms with Crippen molar-refractivity contribution in [3.05, 3.63) is 58.4 Å². The van der Waals surface area contributed by atoms with Crippen molar-refractivity contribution >= 4 is 37.7 Å². The normalized spacial score (nSPS) is 12.1. The zero-order valence-electron chi connectivity index (χ0n) is 13.6. The lowest BCUT2D eigenvalue weighted by molar-refractivity contribution is 0.545. The third kappa shape index (κ3) is 3.63. The van der Waals surface area contributed by atoms with Gasteiger partial charge in [0.2, 0.25) is 15.0 Å². The van der Waals surface area contributed by atoms with Crippen LogP contribution in [-0.4, -0.2) is 29.6 Å². The largest absolute Gasteiger partial charge is 0.243 e. The first-order valence-electron chi connectivity index (χ1n) is 7.76. The zero-order chi connectivity index (χ0) is 19.0. The smallest absolute Gasteiger partial charge is 0.211 e. The van der Waals surface area contributed by atoms with Crippen molar-refractivity contribution in [3.63, 3.8) is 0 Å². The van der Waals surface area contributed by atoms with Gasteiger partial charge in [-0.25, -0.2) is 26.4 Å². The molecule has 3 aromatic heterocycles. The number of sulfonamides is 1. The Balaban J connectivity index is 1.50. The quantitative estimate of drug-likeness (QED) is 0.513. The number of benzene rings is 1. The molecule has 0 saturated heterocycles. The summed E-state index contributed by atoms with van der Waals surface area (Å²) in [5.41, 5.74) is 0.771. The number of hydrogen-bond acceptors (Lipinski definition) is 6. The molecule has 11 heteroatoms. The van der Waals surface area contributed by atoms with E-state index in [4.69, 9.17) is 0 Å². The van der Waals surface area contributed by atoms with Gasteiger partial charge < -0.3 is 0 Å². The molecule has 0 bridgehead atoms. The minimum atomic E-state index is -4.16. The second kappa shape index (κ2) is 7.08. The van der Waals surface area contributed by atoms with Crippen LogP contribution in [0, 0.1) is 11.6 Å². The highest BCUT2D eigenvalue weighted by atomic mass is 32.2. The summed E-state index contributed by atoms with van der Waals surface area (Å²) in [5.74, 6) is -1.21. The third-order valence-corrected chi connectivity index (χ3v) is 6.95. The summed E-state index contributed by atoms with van der Waals surface area (Å²) in [6, 6.07) is 6.15. The van der Waals surface area contributed by atoms with Crippen molar-refractivity contribution in [1.82, 2.24) is 19.3 Å². The number of hydrogen-bond donors (Lipinski definition) is 1. The van der Waals surface area contributed by atoms with Crippen LogP contribution in [0.25, 0.3) is 15.7 Å². The van der Waals surface area contributed by atoms with Gasteiger partial charge in [0.1, 0.15) is 16.5 Å². The van der Waals surface area contributed by atoms with E-state index < -0.39 is 26.6 Å². The zero-order valence-corrected chi connectivity index (χ0v) is 16.0. The van der Waals surface area contributed by atoms with E-state index in [1.54, 1.807) is 4.52 Å². The maximum absolute atomic E-state index is 13.7. The van der Waals surface area contributed by atoms with Gasteiger partial charge in [-0.15, -0.1) is 27.8 Å². The first kappa shape index (κ1) is 18.2. The Morgan fingerprint density at radius 1 is 1.19 bits per heavy atom. The molecule has 0 aliphatic heterocycles. The number of rotatable bonds is 6. The van der Waals surface area contributed by atoms with Crippen LogP contribution in [0.15, 0.2) is 46.0 Å². The number of fused-ring (bicyclic) bond motifs is 1. The molecular formula is C16H12F2N4O2S3. The topological polar surface area (TPSA) is 76.4 Å². The Bertz CT molecular complexity index is 1200. The second-order valence-corrected chi connectivity index (χ2v) is 9.08. The van der Waals surface area contributed by atoms with E-state index in [9.17, 15) is 17.2 Å². The van der Waals surface area contributed by atoms with Gasteiger partial charge in [-0.1, -0.05) is 6.07 Å². The molecule has 4 aromatic rings. The van der Waals surface area contributed by atoms with E-state index in [1.165, 1.54) is 22.7 Å². The first-order valence-corrected chi connectivity index (χ1v) is 11.0. The van der Waals surface area contributed by atoms with Crippen LogP contribution in [0.4, 0.5) is 8.78 Å². The highest BCUT2D eigenvalue weighted by molar-refractivity contribution is 7.89. The van der Waals surface area contributed by atoms with Crippen LogP contribution in [0.5, 0.6) is 0 Å². The van der Waals surface area contributed by atoms with Crippen LogP contribution >= 0.6 is 22.7 Å². The first-order chi connectivity index (χ1) is 12.9. The van der Waals surface area contributed by atoms with Crippen molar-refractivity contribution in [2.45, 2.75) is 11.3 Å². The van der Waals surface area contributed by atoms with Gasteiger partial charge in [0, 0.05) is 18.3 Å². The van der Waals surface area contributed by atoms with Crippen LogP contribution in [0.2, 0.25) is 0 Å². The maximum Gasteiger partial charge on any atom is 0.243 e. The van der Waals surface area contributed by atoms with E-state index in [2.05, 4.69) is 14.8 Å². The molecule has 0 aliphatic carbocycles. The van der Waals surface area contributed by atoms with Gasteiger partial charge >= 0.3 is 0 Å². The van der Waals surface area contributed by atoms with E-state index in [-0.39, 0.29) is 6.54 Å². The monoisotopic (exact) mass is 426 g/mol. The molecule has 3 heterocycles. The lowest BCUT2D eigenvalue weighted by atomic mass is 10.3. The van der Waals surface area contributed by atoms with Crippen molar-refractivity contribution in [2.75, 3.05) is 6.54 Å². The van der Waals surface area contributed by atoms with Gasteiger partial charge in [0.15, 0.2) is 5.82 Å². The van der Waals surface area contributed by atoms with Crippen molar-refractivity contribution < 1.29 is 17.2 Å². The molecule has 0 spiro atoms. The minimum absolute atomic E-state index is 0.0122. The Kier molecular flexibility index (Phi) is 4.76. The van der Waals surface area contributed by atoms with E-state index in [0.29, 0.717) is 23.3 Å². The summed E-state index contributed by atoms with van der Waals surface area (Å²) >= 11 is 2.93. The molecule has 0 atom stereocenters. The molecule has 27 heavy (non-hydrogen) atoms. The molecule has 1 N–H and O–H groups in total. The fourth-order valence-electron chi connectivity index (χ4n) is 2.48. The fraction of sp³-hybridized carbons (Fsp3) is 0.125. The summed E-state index contributed by atoms with van der Waals surface area (Å²) in [7, 11) is -4.16. The standard InChI is InChI=1S/C16H12F2N4O2S3/c17-10-3-4-12(18)14(8-10)27(23,24)19-6-5-11-9-26-16-20-15(21-22(11)16)13-2-1-7-25-13/h1-4,7-9,19H,5-6H2. The van der Waals surface area contributed by atoms with Crippen molar-refractivity contribution in [3.8, 4) is 10.7 Å². The number of nitrogens with zero attached hydrogens (tertiary/aromatic N) is 3. The van der Waals surface area contributed by atoms with Gasteiger partial charge in [-0.3, -0.25) is 0 Å². The summed E-state index contributed by atoms with van der Waals surface area (Å²) in [6.07, 6.45) is 0.323. The highest BCUT2D eigenvalue weighted by Crippen LogP contribution is 2.24. The summed E-state index contributed by atoms with van der Waals surface area (Å²) < 4.78 is 55.3. The Morgan fingerprint density at radius 2 is 2.04 bits per heavy atom. The third-order valence-electron chi connectivity index (χ3n) is 3.75. The molecule has 0 aliphatic rings. The Hall–Kier alpha value is -2.21. The SMILES string of the molecule is O=S(=O)(NCCc1csc2nc(-c3cccs3)nn12)c1cc(F)ccc1F. The lowest BCUT2D eigenvalue weighted by Gasteiger charge is -2.07. The molecule has 0 unspecified atom stereocenters. The number of nitrogens with one attached hydrogen (secondary N) is 1. The van der Waals surface area contributed by atoms with Crippen LogP contribution in [0.1, 0.15) is 5.69 Å². The Morgan fingerprint density at radius 3 is 2.81 bits per heavy atom. The van der Waals surface area contributed by atoms with Crippen molar-refractivity contribution in [1.29, 1.82) is 0 Å². The number of thiazole rings is 1. The van der Waals surface area contributed by atoms with E-state index >= 15 is 0 Å². The van der Waals surface area contributed by atoms with E-state index in [0.717, 1.165) is 22.7 Å². The van der Waals surface area contributed by atoms with Gasteiger partial charge in [-0.2, -0.15) is 4.98 Å². The average Bonchev–Trinajstić information content (AvgIpc) is 3.34. The molecule has 0 fully saturated rings. The molecule has 0 amide bonds. The van der Waals surface area contributed by atoms with Gasteiger partial charge in [0.25, 0.3) is 0 Å². The number of aromatic nitrogens is 3. The lowest BCUT2D eigenvalue weighted by Crippen LogP contribution is -2.27. The maximum atomic E-state index is 13.7. The van der Waals surface area contributed by atoms with Crippen molar-refractivity contribution in [2.24, 2.45) is 0 Å². The summed E-state index contributed by atoms with van der Waals surface area (Å²) in [5, 5.41) is 8.23. The second-order valence-electron chi connectivity index (χ2n) is 5.56. The van der Waals surface area contributed by atoms with Crippen LogP contribution in [0.3, 0.4) is 0 Å². The fourth-order valence-corrected chi connectivity index (χ4v) is 5.11. The predicted molar refractivity (Wildman–Crippen MR) is 99.4 cm³/mol. The van der Waals surface area contributed by atoms with E-state index in [1.807, 2.05) is 22.9 Å². The molecule has 6 nitrogen and oxygen atoms in total. The predicted octanol–water partition coefficient (Wildman–Crippen LogP) is 3.32. The summed E-state index contributed by atoms with van der Waals surface area (Å²) in [6.45, 7) is 0.0122. The minimum Gasteiger partial charge on any atom is -0.211 e. The molecule has 0 saturated carbocycles. The van der Waals surface area contributed by atoms with Gasteiger partial charge in [0.05, 0.1) is 10.6 Å². The molecule has 140 valence electrons. The summed E-state index contributed by atoms with van der Waals surface area (Å²) in [4.78, 5) is 5.39. The average molecular weight is 426 g/mol. The molecule has 0 radical (unpaired) electrons. The molecule has 1 aromatic carbocycles. The molecule has 4 rings (SSSR count). The van der Waals surface area contributed by atoms with Crippen LogP contribution < -0.4 is 4.72 Å². The highest BCUT2D eigenvalue weighted by Gasteiger charge is 2.20. The Labute approximate surface area is 161 Å². The number of thiophene rings is 1. The number of halogens is 2. The van der Waals surface area contributed by atoms with Gasteiger partial charge in [-0.05, 0) is 29.6 Å². The van der Waals surface area contributed by atoms with Crippen LogP contribution in [-0.2, 0) is 16.4 Å².